The van der Waals surface area contributed by atoms with Crippen LogP contribution in [0.3, 0.4) is 0 Å². The number of amides is 2. The molecule has 1 saturated heterocycles. The number of hydrazine groups is 1. The van der Waals surface area contributed by atoms with Gasteiger partial charge in [0.2, 0.25) is 12.3 Å². The lowest BCUT2D eigenvalue weighted by atomic mass is 9.99. The smallest absolute Gasteiger partial charge is 0.304 e. The van der Waals surface area contributed by atoms with E-state index >= 15 is 0 Å². The van der Waals surface area contributed by atoms with Crippen LogP contribution in [0.15, 0.2) is 72.8 Å². The van der Waals surface area contributed by atoms with E-state index in [0.29, 0.717) is 17.2 Å². The fraction of sp³-hybridized carbons (Fsp3) is 0.192. The molecule has 0 radical (unpaired) electrons. The summed E-state index contributed by atoms with van der Waals surface area (Å²) in [7, 11) is 0. The third kappa shape index (κ3) is 5.23. The highest BCUT2D eigenvalue weighted by Gasteiger charge is 2.47. The molecule has 168 valence electrons. The molecule has 2 N–H and O–H groups in total. The fourth-order valence-corrected chi connectivity index (χ4v) is 3.95. The standard InChI is InChI=1S/C26H24ClN3O3/c1-3-33-22-13-7-18(8-14-22)16-30-24(19-9-11-21(27)12-10-19)23(26(32)29-30)28-25(31)20-6-4-5-17(2)15-20/h4-16,23-24H,3H2,1-2H3,(H-,28,29,31,32)/p+1/b30-16-/t23-,24-/m0/s1. The van der Waals surface area contributed by atoms with Crippen molar-refractivity contribution >= 4 is 29.6 Å². The van der Waals surface area contributed by atoms with E-state index in [1.807, 2.05) is 68.6 Å². The molecular formula is C26H25ClN3O3+. The van der Waals surface area contributed by atoms with Crippen molar-refractivity contribution in [3.63, 3.8) is 0 Å². The molecule has 1 aliphatic heterocycles. The van der Waals surface area contributed by atoms with Crippen molar-refractivity contribution in [2.75, 3.05) is 6.61 Å². The van der Waals surface area contributed by atoms with Gasteiger partial charge in [0.15, 0.2) is 6.04 Å². The number of hydrogen-bond acceptors (Lipinski definition) is 3. The highest BCUT2D eigenvalue weighted by atomic mass is 35.5. The predicted octanol–water partition coefficient (Wildman–Crippen LogP) is 4.06. The van der Waals surface area contributed by atoms with Crippen LogP contribution in [-0.2, 0) is 4.79 Å². The summed E-state index contributed by atoms with van der Waals surface area (Å²) in [6.07, 6.45) is 1.84. The SMILES string of the molecule is CCOc1ccc(/C=[N+]2\NC(=O)[C@@H](NC(=O)c3cccc(C)c3)[C@@H]2c2ccc(Cl)cc2)cc1. The van der Waals surface area contributed by atoms with Crippen molar-refractivity contribution in [3.05, 3.63) is 100 Å². The molecule has 2 amide bonds. The molecule has 7 heteroatoms. The molecule has 3 aromatic rings. The summed E-state index contributed by atoms with van der Waals surface area (Å²) >= 11 is 6.08. The Labute approximate surface area is 197 Å². The van der Waals surface area contributed by atoms with Gasteiger partial charge in [0.25, 0.3) is 5.91 Å². The van der Waals surface area contributed by atoms with E-state index < -0.39 is 12.1 Å². The number of carbonyl (C=O) groups excluding carboxylic acids is 2. The second-order valence-corrected chi connectivity index (χ2v) is 8.27. The van der Waals surface area contributed by atoms with E-state index in [-0.39, 0.29) is 11.8 Å². The molecule has 1 fully saturated rings. The van der Waals surface area contributed by atoms with Gasteiger partial charge in [-0.3, -0.25) is 9.59 Å². The van der Waals surface area contributed by atoms with E-state index in [1.165, 1.54) is 0 Å². The lowest BCUT2D eigenvalue weighted by Gasteiger charge is -2.15. The average molecular weight is 463 g/mol. The summed E-state index contributed by atoms with van der Waals surface area (Å²) < 4.78 is 7.23. The van der Waals surface area contributed by atoms with Crippen LogP contribution in [0.1, 0.15) is 40.0 Å². The largest absolute Gasteiger partial charge is 0.494 e. The zero-order chi connectivity index (χ0) is 23.4. The molecule has 4 rings (SSSR count). The monoisotopic (exact) mass is 462 g/mol. The van der Waals surface area contributed by atoms with Crippen LogP contribution in [0.5, 0.6) is 5.75 Å². The molecule has 2 atom stereocenters. The van der Waals surface area contributed by atoms with E-state index in [0.717, 1.165) is 22.4 Å². The fourth-order valence-electron chi connectivity index (χ4n) is 3.83. The summed E-state index contributed by atoms with van der Waals surface area (Å²) in [6, 6.07) is 20.9. The maximum Gasteiger partial charge on any atom is 0.304 e. The van der Waals surface area contributed by atoms with Crippen molar-refractivity contribution in [3.8, 4) is 5.75 Å². The molecule has 0 aromatic heterocycles. The van der Waals surface area contributed by atoms with Crippen LogP contribution in [0, 0.1) is 6.92 Å². The first-order valence-electron chi connectivity index (χ1n) is 10.7. The number of carbonyl (C=O) groups is 2. The number of halogens is 1. The van der Waals surface area contributed by atoms with Gasteiger partial charge in [-0.15, -0.1) is 10.1 Å². The molecule has 0 spiro atoms. The summed E-state index contributed by atoms with van der Waals surface area (Å²) in [5, 5.41) is 3.51. The van der Waals surface area contributed by atoms with Crippen LogP contribution in [0.4, 0.5) is 0 Å². The normalized spacial score (nSPS) is 18.8. The Bertz CT molecular complexity index is 1190. The van der Waals surface area contributed by atoms with Gasteiger partial charge < -0.3 is 10.1 Å². The van der Waals surface area contributed by atoms with Crippen molar-refractivity contribution in [2.45, 2.75) is 25.9 Å². The molecule has 1 heterocycles. The number of nitrogens with one attached hydrogen (secondary N) is 2. The zero-order valence-electron chi connectivity index (χ0n) is 18.4. The average Bonchev–Trinajstić information content (AvgIpc) is 3.10. The topological polar surface area (TPSA) is 70.4 Å². The Morgan fingerprint density at radius 3 is 2.52 bits per heavy atom. The van der Waals surface area contributed by atoms with Crippen LogP contribution in [-0.4, -0.2) is 35.4 Å². The Balaban J connectivity index is 1.67. The van der Waals surface area contributed by atoms with Gasteiger partial charge in [-0.25, -0.2) is 0 Å². The molecule has 6 nitrogen and oxygen atoms in total. The lowest BCUT2D eigenvalue weighted by Crippen LogP contribution is -2.42. The van der Waals surface area contributed by atoms with Crippen molar-refractivity contribution in [1.29, 1.82) is 0 Å². The predicted molar refractivity (Wildman–Crippen MR) is 128 cm³/mol. The minimum absolute atomic E-state index is 0.293. The molecule has 0 saturated carbocycles. The van der Waals surface area contributed by atoms with Crippen LogP contribution >= 0.6 is 11.6 Å². The molecule has 0 unspecified atom stereocenters. The maximum atomic E-state index is 13.0. The van der Waals surface area contributed by atoms with E-state index in [2.05, 4.69) is 10.7 Å². The van der Waals surface area contributed by atoms with Gasteiger partial charge >= 0.3 is 5.91 Å². The molecule has 33 heavy (non-hydrogen) atoms. The summed E-state index contributed by atoms with van der Waals surface area (Å²) in [4.78, 5) is 25.9. The second-order valence-electron chi connectivity index (χ2n) is 7.83. The lowest BCUT2D eigenvalue weighted by molar-refractivity contribution is -0.596. The van der Waals surface area contributed by atoms with Crippen LogP contribution < -0.4 is 15.5 Å². The van der Waals surface area contributed by atoms with E-state index in [4.69, 9.17) is 16.3 Å². The van der Waals surface area contributed by atoms with Crippen molar-refractivity contribution < 1.29 is 19.0 Å². The van der Waals surface area contributed by atoms with Gasteiger partial charge in [-0.1, -0.05) is 41.4 Å². The minimum Gasteiger partial charge on any atom is -0.494 e. The van der Waals surface area contributed by atoms with Crippen LogP contribution in [0.2, 0.25) is 5.02 Å². The minimum atomic E-state index is -0.793. The summed E-state index contributed by atoms with van der Waals surface area (Å²) in [6.45, 7) is 4.44. The number of hydrazone groups is 1. The molecular weight excluding hydrogens is 438 g/mol. The quantitative estimate of drug-likeness (QED) is 0.543. The van der Waals surface area contributed by atoms with Gasteiger partial charge in [-0.2, -0.15) is 0 Å². The number of rotatable bonds is 6. The second kappa shape index (κ2) is 9.88. The Kier molecular flexibility index (Phi) is 6.75. The number of aryl methyl sites for hydroxylation is 1. The molecule has 0 bridgehead atoms. The summed E-state index contributed by atoms with van der Waals surface area (Å²) in [5.41, 5.74) is 6.08. The van der Waals surface area contributed by atoms with E-state index in [1.54, 1.807) is 28.9 Å². The zero-order valence-corrected chi connectivity index (χ0v) is 19.2. The molecule has 3 aromatic carbocycles. The third-order valence-corrected chi connectivity index (χ3v) is 5.65. The number of ether oxygens (including phenoxy) is 1. The highest BCUT2D eigenvalue weighted by molar-refractivity contribution is 6.30. The Morgan fingerprint density at radius 1 is 1.12 bits per heavy atom. The Morgan fingerprint density at radius 2 is 1.85 bits per heavy atom. The van der Waals surface area contributed by atoms with Crippen molar-refractivity contribution in [2.24, 2.45) is 0 Å². The third-order valence-electron chi connectivity index (χ3n) is 5.39. The van der Waals surface area contributed by atoms with Gasteiger partial charge in [0, 0.05) is 21.7 Å². The van der Waals surface area contributed by atoms with Crippen LogP contribution in [0.25, 0.3) is 0 Å². The number of hydrogen-bond donors (Lipinski definition) is 2. The highest BCUT2D eigenvalue weighted by Crippen LogP contribution is 2.27. The molecule has 1 aliphatic rings. The number of benzene rings is 3. The van der Waals surface area contributed by atoms with Gasteiger partial charge in [-0.05, 0) is 62.4 Å². The maximum absolute atomic E-state index is 13.0. The first-order chi connectivity index (χ1) is 15.9. The van der Waals surface area contributed by atoms with Crippen molar-refractivity contribution in [1.82, 2.24) is 10.7 Å². The molecule has 0 aliphatic carbocycles. The Hall–Kier alpha value is -3.64. The van der Waals surface area contributed by atoms with E-state index in [9.17, 15) is 9.59 Å². The first kappa shape index (κ1) is 22.6. The first-order valence-corrected chi connectivity index (χ1v) is 11.1. The van der Waals surface area contributed by atoms with Gasteiger partial charge in [0.05, 0.1) is 6.61 Å². The van der Waals surface area contributed by atoms with Gasteiger partial charge in [0.1, 0.15) is 5.75 Å². The summed E-state index contributed by atoms with van der Waals surface area (Å²) in [5.74, 6) is 0.177. The number of nitrogens with zero attached hydrogens (tertiary/aromatic N) is 1.